The van der Waals surface area contributed by atoms with Gasteiger partial charge in [0.1, 0.15) is 0 Å². The molecular formula is C11H14BrNOS. The van der Waals surface area contributed by atoms with Crippen molar-refractivity contribution in [2.75, 3.05) is 0 Å². The highest BCUT2D eigenvalue weighted by molar-refractivity contribution is 9.11. The first-order valence-corrected chi connectivity index (χ1v) is 7.05. The Morgan fingerprint density at radius 3 is 3.00 bits per heavy atom. The molecule has 15 heavy (non-hydrogen) atoms. The van der Waals surface area contributed by atoms with Gasteiger partial charge in [0.25, 0.3) is 0 Å². The number of fused-ring (bicyclic) bond motifs is 2. The maximum Gasteiger partial charge on any atom is 0.0733 e. The van der Waals surface area contributed by atoms with Crippen LogP contribution in [0.2, 0.25) is 0 Å². The van der Waals surface area contributed by atoms with Crippen LogP contribution in [0, 0.1) is 0 Å². The lowest BCUT2D eigenvalue weighted by Gasteiger charge is -2.19. The van der Waals surface area contributed by atoms with Crippen molar-refractivity contribution in [3.05, 3.63) is 20.8 Å². The molecule has 0 aromatic carbocycles. The van der Waals surface area contributed by atoms with Crippen LogP contribution in [0.4, 0.5) is 0 Å². The van der Waals surface area contributed by atoms with E-state index in [0.717, 1.165) is 6.54 Å². The Bertz CT molecular complexity index is 354. The van der Waals surface area contributed by atoms with Gasteiger partial charge in [0.05, 0.1) is 16.0 Å². The first-order chi connectivity index (χ1) is 7.31. The molecule has 2 nitrogen and oxygen atoms in total. The summed E-state index contributed by atoms with van der Waals surface area (Å²) in [6.45, 7) is 0.980. The number of hydrogen-bond donors (Lipinski definition) is 1. The van der Waals surface area contributed by atoms with Crippen LogP contribution in [-0.4, -0.2) is 18.2 Å². The SMILES string of the molecule is Brc1ccc(CNC2CC3CCC2O3)s1. The summed E-state index contributed by atoms with van der Waals surface area (Å²) in [6, 6.07) is 4.87. The van der Waals surface area contributed by atoms with Gasteiger partial charge in [0.2, 0.25) is 0 Å². The minimum absolute atomic E-state index is 0.485. The van der Waals surface area contributed by atoms with Crippen molar-refractivity contribution in [1.29, 1.82) is 0 Å². The molecule has 4 heteroatoms. The fraction of sp³-hybridized carbons (Fsp3) is 0.636. The van der Waals surface area contributed by atoms with Crippen molar-refractivity contribution in [1.82, 2.24) is 5.32 Å². The summed E-state index contributed by atoms with van der Waals surface area (Å²) >= 11 is 5.29. The van der Waals surface area contributed by atoms with Crippen molar-refractivity contribution in [3.63, 3.8) is 0 Å². The lowest BCUT2D eigenvalue weighted by molar-refractivity contribution is 0.0973. The third-order valence-corrected chi connectivity index (χ3v) is 4.90. The largest absolute Gasteiger partial charge is 0.373 e. The predicted octanol–water partition coefficient (Wildman–Crippen LogP) is 2.92. The van der Waals surface area contributed by atoms with Gasteiger partial charge < -0.3 is 10.1 Å². The fourth-order valence-electron chi connectivity index (χ4n) is 2.53. The molecule has 2 fully saturated rings. The summed E-state index contributed by atoms with van der Waals surface area (Å²) in [5.41, 5.74) is 0. The molecule has 0 aliphatic carbocycles. The molecule has 2 aliphatic rings. The average Bonchev–Trinajstić information content (AvgIpc) is 2.90. The average molecular weight is 288 g/mol. The molecule has 0 saturated carbocycles. The van der Waals surface area contributed by atoms with Crippen molar-refractivity contribution in [2.45, 2.75) is 44.1 Å². The van der Waals surface area contributed by atoms with E-state index in [1.54, 1.807) is 11.3 Å². The van der Waals surface area contributed by atoms with Gasteiger partial charge in [-0.15, -0.1) is 11.3 Å². The smallest absolute Gasteiger partial charge is 0.0733 e. The molecule has 1 aromatic heterocycles. The molecule has 3 atom stereocenters. The Morgan fingerprint density at radius 2 is 2.40 bits per heavy atom. The van der Waals surface area contributed by atoms with Gasteiger partial charge in [0.15, 0.2) is 0 Å². The van der Waals surface area contributed by atoms with Crippen molar-refractivity contribution < 1.29 is 4.74 Å². The first-order valence-electron chi connectivity index (χ1n) is 5.44. The second-order valence-electron chi connectivity index (χ2n) is 4.30. The van der Waals surface area contributed by atoms with E-state index in [2.05, 4.69) is 33.4 Å². The molecule has 0 amide bonds. The lowest BCUT2D eigenvalue weighted by atomic mass is 9.95. The van der Waals surface area contributed by atoms with E-state index in [1.807, 2.05) is 0 Å². The molecule has 3 rings (SSSR count). The predicted molar refractivity (Wildman–Crippen MR) is 65.2 cm³/mol. The Morgan fingerprint density at radius 1 is 1.47 bits per heavy atom. The fourth-order valence-corrected chi connectivity index (χ4v) is 3.97. The summed E-state index contributed by atoms with van der Waals surface area (Å²) in [7, 11) is 0. The molecule has 3 unspecified atom stereocenters. The number of hydrogen-bond acceptors (Lipinski definition) is 3. The van der Waals surface area contributed by atoms with Crippen molar-refractivity contribution in [2.24, 2.45) is 0 Å². The summed E-state index contributed by atoms with van der Waals surface area (Å²) < 4.78 is 7.02. The molecule has 0 spiro atoms. The molecule has 0 radical (unpaired) electrons. The molecule has 2 saturated heterocycles. The lowest BCUT2D eigenvalue weighted by Crippen LogP contribution is -2.36. The Kier molecular flexibility index (Phi) is 2.85. The summed E-state index contributed by atoms with van der Waals surface area (Å²) in [5.74, 6) is 0. The number of halogens is 1. The highest BCUT2D eigenvalue weighted by Crippen LogP contribution is 2.34. The van der Waals surface area contributed by atoms with Gasteiger partial charge in [-0.05, 0) is 47.3 Å². The van der Waals surface area contributed by atoms with E-state index in [-0.39, 0.29) is 0 Å². The first kappa shape index (κ1) is 10.3. The summed E-state index contributed by atoms with van der Waals surface area (Å²) in [6.07, 6.45) is 4.75. The third-order valence-electron chi connectivity index (χ3n) is 3.27. The van der Waals surface area contributed by atoms with Gasteiger partial charge in [-0.3, -0.25) is 0 Å². The van der Waals surface area contributed by atoms with E-state index in [0.29, 0.717) is 18.2 Å². The maximum atomic E-state index is 5.81. The van der Waals surface area contributed by atoms with E-state index < -0.39 is 0 Å². The quantitative estimate of drug-likeness (QED) is 0.923. The molecule has 1 aromatic rings. The van der Waals surface area contributed by atoms with E-state index in [9.17, 15) is 0 Å². The Hall–Kier alpha value is 0.1000. The molecule has 2 bridgehead atoms. The zero-order valence-electron chi connectivity index (χ0n) is 8.41. The minimum atomic E-state index is 0.485. The van der Waals surface area contributed by atoms with Crippen molar-refractivity contribution in [3.8, 4) is 0 Å². The van der Waals surface area contributed by atoms with Crippen LogP contribution in [0.25, 0.3) is 0 Å². The van der Waals surface area contributed by atoms with Crippen LogP contribution < -0.4 is 5.32 Å². The number of thiophene rings is 1. The third kappa shape index (κ3) is 2.13. The topological polar surface area (TPSA) is 21.3 Å². The van der Waals surface area contributed by atoms with E-state index in [1.165, 1.54) is 27.9 Å². The zero-order chi connectivity index (χ0) is 10.3. The van der Waals surface area contributed by atoms with E-state index in [4.69, 9.17) is 4.74 Å². The molecule has 3 heterocycles. The van der Waals surface area contributed by atoms with Crippen molar-refractivity contribution >= 4 is 27.3 Å². The second kappa shape index (κ2) is 4.17. The van der Waals surface area contributed by atoms with Crippen LogP contribution >= 0.6 is 27.3 Å². The van der Waals surface area contributed by atoms with Gasteiger partial charge in [-0.1, -0.05) is 0 Å². The summed E-state index contributed by atoms with van der Waals surface area (Å²) in [5, 5.41) is 3.61. The van der Waals surface area contributed by atoms with Gasteiger partial charge >= 0.3 is 0 Å². The Balaban J connectivity index is 1.54. The van der Waals surface area contributed by atoms with Crippen LogP contribution in [-0.2, 0) is 11.3 Å². The Labute approximate surface area is 102 Å². The van der Waals surface area contributed by atoms with Crippen LogP contribution in [0.1, 0.15) is 24.1 Å². The van der Waals surface area contributed by atoms with Gasteiger partial charge in [-0.25, -0.2) is 0 Å². The van der Waals surface area contributed by atoms with E-state index >= 15 is 0 Å². The number of rotatable bonds is 3. The number of nitrogens with one attached hydrogen (secondary N) is 1. The molecule has 1 N–H and O–H groups in total. The van der Waals surface area contributed by atoms with Crippen LogP contribution in [0.5, 0.6) is 0 Å². The molecule has 82 valence electrons. The normalized spacial score (nSPS) is 33.8. The zero-order valence-corrected chi connectivity index (χ0v) is 10.8. The van der Waals surface area contributed by atoms with Crippen LogP contribution in [0.15, 0.2) is 15.9 Å². The highest BCUT2D eigenvalue weighted by Gasteiger charge is 2.40. The van der Waals surface area contributed by atoms with Gasteiger partial charge in [0, 0.05) is 17.5 Å². The standard InChI is InChI=1S/C11H14BrNOS/c12-11-4-2-8(15-11)6-13-9-5-7-1-3-10(9)14-7/h2,4,7,9-10,13H,1,3,5-6H2. The minimum Gasteiger partial charge on any atom is -0.373 e. The monoisotopic (exact) mass is 287 g/mol. The number of ether oxygens (including phenoxy) is 1. The summed E-state index contributed by atoms with van der Waals surface area (Å²) in [4.78, 5) is 1.39. The maximum absolute atomic E-state index is 5.81. The molecule has 2 aliphatic heterocycles. The highest BCUT2D eigenvalue weighted by atomic mass is 79.9. The second-order valence-corrected chi connectivity index (χ2v) is 6.85. The van der Waals surface area contributed by atoms with Crippen LogP contribution in [0.3, 0.4) is 0 Å². The van der Waals surface area contributed by atoms with Gasteiger partial charge in [-0.2, -0.15) is 0 Å². The molecular weight excluding hydrogens is 274 g/mol.